The molecule has 1 aromatic carbocycles. The van der Waals surface area contributed by atoms with Crippen LogP contribution in [-0.4, -0.2) is 39.6 Å². The van der Waals surface area contributed by atoms with E-state index in [9.17, 15) is 9.59 Å². The maximum Gasteiger partial charge on any atom is 0.226 e. The Morgan fingerprint density at radius 2 is 1.89 bits per heavy atom. The normalized spacial score (nSPS) is 16.0. The van der Waals surface area contributed by atoms with Gasteiger partial charge in [-0.25, -0.2) is 0 Å². The van der Waals surface area contributed by atoms with E-state index in [1.165, 1.54) is 0 Å². The van der Waals surface area contributed by atoms with Gasteiger partial charge in [-0.05, 0) is 38.2 Å². The summed E-state index contributed by atoms with van der Waals surface area (Å²) in [5.41, 5.74) is 3.05. The Morgan fingerprint density at radius 1 is 1.21 bits per heavy atom. The van der Waals surface area contributed by atoms with Crippen molar-refractivity contribution in [2.45, 2.75) is 45.6 Å². The van der Waals surface area contributed by atoms with E-state index in [1.54, 1.807) is 4.68 Å². The SMILES string of the molecule is Cc1nn(C)cc1[C@H](C)NC(=O)CC1CCN(C(=O)Cc2ccccc2)CC1. The lowest BCUT2D eigenvalue weighted by molar-refractivity contribution is -0.132. The van der Waals surface area contributed by atoms with E-state index >= 15 is 0 Å². The largest absolute Gasteiger partial charge is 0.349 e. The zero-order valence-corrected chi connectivity index (χ0v) is 17.0. The molecule has 1 aliphatic heterocycles. The molecule has 0 unspecified atom stereocenters. The zero-order chi connectivity index (χ0) is 20.1. The fourth-order valence-corrected chi connectivity index (χ4v) is 3.95. The summed E-state index contributed by atoms with van der Waals surface area (Å²) in [6.45, 7) is 5.43. The number of piperidine rings is 1. The molecule has 6 heteroatoms. The number of aryl methyl sites for hydroxylation is 2. The molecule has 1 atom stereocenters. The first kappa shape index (κ1) is 20.1. The van der Waals surface area contributed by atoms with E-state index in [2.05, 4.69) is 10.4 Å². The van der Waals surface area contributed by atoms with Gasteiger partial charge >= 0.3 is 0 Å². The molecule has 6 nitrogen and oxygen atoms in total. The average Bonchev–Trinajstić information content (AvgIpc) is 3.01. The number of likely N-dealkylation sites (tertiary alicyclic amines) is 1. The van der Waals surface area contributed by atoms with Gasteiger partial charge in [-0.1, -0.05) is 30.3 Å². The number of hydrogen-bond donors (Lipinski definition) is 1. The van der Waals surface area contributed by atoms with Crippen LogP contribution in [0.1, 0.15) is 49.0 Å². The van der Waals surface area contributed by atoms with Crippen molar-refractivity contribution in [2.75, 3.05) is 13.1 Å². The highest BCUT2D eigenvalue weighted by Gasteiger charge is 2.25. The molecule has 150 valence electrons. The first-order valence-electron chi connectivity index (χ1n) is 10.0. The number of benzene rings is 1. The second-order valence-corrected chi connectivity index (χ2v) is 7.82. The van der Waals surface area contributed by atoms with E-state index in [-0.39, 0.29) is 17.9 Å². The van der Waals surface area contributed by atoms with Gasteiger partial charge in [0.2, 0.25) is 11.8 Å². The van der Waals surface area contributed by atoms with Crippen LogP contribution in [0.25, 0.3) is 0 Å². The Morgan fingerprint density at radius 3 is 2.50 bits per heavy atom. The van der Waals surface area contributed by atoms with Gasteiger partial charge in [-0.3, -0.25) is 14.3 Å². The van der Waals surface area contributed by atoms with Gasteiger partial charge < -0.3 is 10.2 Å². The minimum atomic E-state index is -0.0475. The quantitative estimate of drug-likeness (QED) is 0.835. The molecule has 1 aromatic heterocycles. The summed E-state index contributed by atoms with van der Waals surface area (Å²) < 4.78 is 1.77. The third-order valence-electron chi connectivity index (χ3n) is 5.53. The van der Waals surface area contributed by atoms with Crippen LogP contribution in [0, 0.1) is 12.8 Å². The van der Waals surface area contributed by atoms with Crippen LogP contribution < -0.4 is 5.32 Å². The molecule has 0 radical (unpaired) electrons. The maximum atomic E-state index is 12.5. The summed E-state index contributed by atoms with van der Waals surface area (Å²) in [6.07, 6.45) is 4.69. The van der Waals surface area contributed by atoms with Crippen molar-refractivity contribution < 1.29 is 9.59 Å². The van der Waals surface area contributed by atoms with Gasteiger partial charge in [0.25, 0.3) is 0 Å². The van der Waals surface area contributed by atoms with Crippen LogP contribution in [0.5, 0.6) is 0 Å². The second-order valence-electron chi connectivity index (χ2n) is 7.82. The van der Waals surface area contributed by atoms with Crippen LogP contribution in [0.2, 0.25) is 0 Å². The van der Waals surface area contributed by atoms with Gasteiger partial charge in [0, 0.05) is 38.3 Å². The number of carbonyl (C=O) groups excluding carboxylic acids is 2. The number of amides is 2. The molecule has 2 heterocycles. The standard InChI is InChI=1S/C22H30N4O2/c1-16(20-15-25(3)24-17(20)2)23-21(27)13-19-9-11-26(12-10-19)22(28)14-18-7-5-4-6-8-18/h4-8,15-16,19H,9-14H2,1-3H3,(H,23,27)/t16-/m0/s1. The summed E-state index contributed by atoms with van der Waals surface area (Å²) >= 11 is 0. The van der Waals surface area contributed by atoms with Gasteiger partial charge in [0.05, 0.1) is 18.2 Å². The lowest BCUT2D eigenvalue weighted by atomic mass is 9.92. The highest BCUT2D eigenvalue weighted by molar-refractivity contribution is 5.79. The molecule has 1 N–H and O–H groups in total. The molecular weight excluding hydrogens is 352 g/mol. The topological polar surface area (TPSA) is 67.2 Å². The lowest BCUT2D eigenvalue weighted by Gasteiger charge is -2.32. The van der Waals surface area contributed by atoms with Crippen molar-refractivity contribution in [2.24, 2.45) is 13.0 Å². The molecular formula is C22H30N4O2. The molecule has 28 heavy (non-hydrogen) atoms. The van der Waals surface area contributed by atoms with Crippen LogP contribution in [0.3, 0.4) is 0 Å². The maximum absolute atomic E-state index is 12.5. The predicted molar refractivity (Wildman–Crippen MR) is 109 cm³/mol. The zero-order valence-electron chi connectivity index (χ0n) is 17.0. The Labute approximate surface area is 166 Å². The Kier molecular flexibility index (Phi) is 6.49. The number of carbonyl (C=O) groups is 2. The molecule has 2 amide bonds. The van der Waals surface area contributed by atoms with E-state index in [0.29, 0.717) is 18.8 Å². The second kappa shape index (κ2) is 9.04. The van der Waals surface area contributed by atoms with Gasteiger partial charge in [0.1, 0.15) is 0 Å². The van der Waals surface area contributed by atoms with Crippen LogP contribution >= 0.6 is 0 Å². The van der Waals surface area contributed by atoms with Gasteiger partial charge in [-0.15, -0.1) is 0 Å². The molecule has 0 aliphatic carbocycles. The lowest BCUT2D eigenvalue weighted by Crippen LogP contribution is -2.40. The average molecular weight is 383 g/mol. The van der Waals surface area contributed by atoms with Crippen molar-refractivity contribution in [3.8, 4) is 0 Å². The molecule has 1 saturated heterocycles. The minimum absolute atomic E-state index is 0.0475. The summed E-state index contributed by atoms with van der Waals surface area (Å²) in [7, 11) is 1.89. The summed E-state index contributed by atoms with van der Waals surface area (Å²) in [4.78, 5) is 26.9. The van der Waals surface area contributed by atoms with Crippen molar-refractivity contribution in [3.05, 3.63) is 53.3 Å². The number of rotatable bonds is 6. The van der Waals surface area contributed by atoms with Gasteiger partial charge in [0.15, 0.2) is 0 Å². The van der Waals surface area contributed by atoms with Crippen molar-refractivity contribution in [3.63, 3.8) is 0 Å². The third kappa shape index (κ3) is 5.21. The van der Waals surface area contributed by atoms with E-state index in [0.717, 1.165) is 42.8 Å². The molecule has 3 rings (SSSR count). The van der Waals surface area contributed by atoms with Crippen molar-refractivity contribution >= 4 is 11.8 Å². The number of hydrogen-bond acceptors (Lipinski definition) is 3. The first-order chi connectivity index (χ1) is 13.4. The first-order valence-corrected chi connectivity index (χ1v) is 10.0. The number of nitrogens with zero attached hydrogens (tertiary/aromatic N) is 3. The molecule has 1 aliphatic rings. The molecule has 0 bridgehead atoms. The Balaban J connectivity index is 1.43. The molecule has 2 aromatic rings. The number of nitrogens with one attached hydrogen (secondary N) is 1. The predicted octanol–water partition coefficient (Wildman–Crippen LogP) is 2.78. The van der Waals surface area contributed by atoms with Crippen LogP contribution in [0.15, 0.2) is 36.5 Å². The smallest absolute Gasteiger partial charge is 0.226 e. The van der Waals surface area contributed by atoms with Gasteiger partial charge in [-0.2, -0.15) is 5.10 Å². The Hall–Kier alpha value is -2.63. The number of aromatic nitrogens is 2. The van der Waals surface area contributed by atoms with E-state index < -0.39 is 0 Å². The fraction of sp³-hybridized carbons (Fsp3) is 0.500. The van der Waals surface area contributed by atoms with Crippen LogP contribution in [-0.2, 0) is 23.1 Å². The monoisotopic (exact) mass is 382 g/mol. The molecule has 1 fully saturated rings. The summed E-state index contributed by atoms with van der Waals surface area (Å²) in [5, 5.41) is 7.43. The molecule has 0 saturated carbocycles. The van der Waals surface area contributed by atoms with Crippen molar-refractivity contribution in [1.82, 2.24) is 20.0 Å². The summed E-state index contributed by atoms with van der Waals surface area (Å²) in [6, 6.07) is 9.80. The highest BCUT2D eigenvalue weighted by Crippen LogP contribution is 2.22. The van der Waals surface area contributed by atoms with E-state index in [1.807, 2.05) is 62.3 Å². The van der Waals surface area contributed by atoms with E-state index in [4.69, 9.17) is 0 Å². The Bertz CT molecular complexity index is 807. The summed E-state index contributed by atoms with van der Waals surface area (Å²) in [5.74, 6) is 0.586. The molecule has 0 spiro atoms. The van der Waals surface area contributed by atoms with Crippen LogP contribution in [0.4, 0.5) is 0 Å². The van der Waals surface area contributed by atoms with Crippen molar-refractivity contribution in [1.29, 1.82) is 0 Å². The minimum Gasteiger partial charge on any atom is -0.349 e. The highest BCUT2D eigenvalue weighted by atomic mass is 16.2. The fourth-order valence-electron chi connectivity index (χ4n) is 3.95. The third-order valence-corrected chi connectivity index (χ3v) is 5.53.